The average molecular weight is 515 g/mol. The molecule has 3 N–H and O–H groups in total. The first kappa shape index (κ1) is 25.9. The molecule has 2 heterocycles. The normalized spacial score (nSPS) is 17.3. The zero-order valence-electron chi connectivity index (χ0n) is 20.3. The Morgan fingerprint density at radius 2 is 1.59 bits per heavy atom. The lowest BCUT2D eigenvalue weighted by Gasteiger charge is -2.30. The number of nitrogens with one attached hydrogen (secondary N) is 3. The Kier molecular flexibility index (Phi) is 6.35. The third kappa shape index (κ3) is 4.56. The number of fused-ring (bicyclic) bond motifs is 1. The van der Waals surface area contributed by atoms with E-state index < -0.39 is 46.2 Å². The van der Waals surface area contributed by atoms with Crippen LogP contribution in [-0.2, 0) is 28.7 Å². The van der Waals surface area contributed by atoms with Gasteiger partial charge in [-0.05, 0) is 35.1 Å². The third-order valence-electron chi connectivity index (χ3n) is 6.35. The molecule has 0 radical (unpaired) electrons. The van der Waals surface area contributed by atoms with Crippen LogP contribution in [0.25, 0.3) is 0 Å². The number of carbonyl (C=O) groups is 2. The van der Waals surface area contributed by atoms with Crippen LogP contribution in [0.2, 0.25) is 0 Å². The molecular weight excluding hydrogens is 489 g/mol. The minimum absolute atomic E-state index is 0.127. The average Bonchev–Trinajstić information content (AvgIpc) is 3.12. The second kappa shape index (κ2) is 9.06. The fraction of sp³-hybridized carbons (Fsp3) is 0.308. The van der Waals surface area contributed by atoms with Crippen LogP contribution in [0.5, 0.6) is 0 Å². The first-order chi connectivity index (χ1) is 17.3. The monoisotopic (exact) mass is 514 g/mol. The molecule has 0 spiro atoms. The van der Waals surface area contributed by atoms with Crippen molar-refractivity contribution in [2.75, 3.05) is 5.32 Å². The lowest BCUT2D eigenvalue weighted by Crippen LogP contribution is -2.62. The molecule has 1 atom stereocenters. The van der Waals surface area contributed by atoms with E-state index in [2.05, 4.69) is 0 Å². The molecule has 0 unspecified atom stereocenters. The number of hydrogen-bond donors (Lipinski definition) is 3. The number of benzene rings is 2. The highest BCUT2D eigenvalue weighted by molar-refractivity contribution is 6.09. The highest BCUT2D eigenvalue weighted by atomic mass is 19.4. The zero-order valence-corrected chi connectivity index (χ0v) is 20.3. The Morgan fingerprint density at radius 1 is 0.973 bits per heavy atom. The van der Waals surface area contributed by atoms with Gasteiger partial charge in [-0.1, -0.05) is 63.2 Å². The minimum atomic E-state index is -5.40. The molecule has 0 fully saturated rings. The van der Waals surface area contributed by atoms with Gasteiger partial charge in [-0.25, -0.2) is 4.79 Å². The van der Waals surface area contributed by atoms with Crippen molar-refractivity contribution in [3.63, 3.8) is 0 Å². The molecular formula is C26H25F3N4O4. The number of aryl methyl sites for hydroxylation is 1. The number of halogens is 3. The summed E-state index contributed by atoms with van der Waals surface area (Å²) in [6.45, 7) is 5.68. The number of carbonyl (C=O) groups excluding carboxylic acids is 2. The van der Waals surface area contributed by atoms with Crippen LogP contribution in [0.15, 0.2) is 64.2 Å². The molecule has 37 heavy (non-hydrogen) atoms. The fourth-order valence-corrected chi connectivity index (χ4v) is 4.29. The van der Waals surface area contributed by atoms with E-state index in [1.54, 1.807) is 47.8 Å². The highest BCUT2D eigenvalue weighted by Gasteiger charge is 2.68. The van der Waals surface area contributed by atoms with Crippen molar-refractivity contribution in [1.29, 1.82) is 0 Å². The molecule has 8 nitrogen and oxygen atoms in total. The van der Waals surface area contributed by atoms with Gasteiger partial charge in [0.05, 0.1) is 0 Å². The van der Waals surface area contributed by atoms with Gasteiger partial charge in [0.25, 0.3) is 22.9 Å². The molecule has 3 aromatic rings. The molecule has 11 heteroatoms. The van der Waals surface area contributed by atoms with E-state index in [9.17, 15) is 32.3 Å². The second-order valence-corrected chi connectivity index (χ2v) is 9.85. The van der Waals surface area contributed by atoms with Crippen molar-refractivity contribution >= 4 is 17.6 Å². The molecule has 0 saturated carbocycles. The van der Waals surface area contributed by atoms with Gasteiger partial charge in [0.15, 0.2) is 0 Å². The number of alkyl halides is 3. The van der Waals surface area contributed by atoms with Gasteiger partial charge in [-0.2, -0.15) is 13.2 Å². The summed E-state index contributed by atoms with van der Waals surface area (Å²) in [7, 11) is 0. The summed E-state index contributed by atoms with van der Waals surface area (Å²) in [5, 5.41) is 3.80. The maximum Gasteiger partial charge on any atom is 0.425 e. The molecule has 1 aliphatic rings. The standard InChI is InChI=1S/C26H25F3N4O4/c1-24(2,3)17-11-9-16(10-12-17)20(34)32-25(26(27,28)29)18-19(30-22(25)36)33(23(37)31-21(18)35)14-13-15-7-5-4-6-8-15/h4-12H,13-14H2,1-3H3,(H,30,36)(H,32,34)(H,31,35,37)/t25-/m1/s1. The van der Waals surface area contributed by atoms with Crippen LogP contribution in [0.4, 0.5) is 19.0 Å². The highest BCUT2D eigenvalue weighted by Crippen LogP contribution is 2.45. The molecule has 0 aliphatic carbocycles. The first-order valence-corrected chi connectivity index (χ1v) is 11.5. The summed E-state index contributed by atoms with van der Waals surface area (Å²) in [4.78, 5) is 53.0. The molecule has 194 valence electrons. The quantitative estimate of drug-likeness (QED) is 0.485. The van der Waals surface area contributed by atoms with E-state index in [1.807, 2.05) is 31.1 Å². The minimum Gasteiger partial charge on any atom is -0.326 e. The van der Waals surface area contributed by atoms with Gasteiger partial charge in [-0.3, -0.25) is 23.9 Å². The van der Waals surface area contributed by atoms with Crippen LogP contribution < -0.4 is 21.9 Å². The van der Waals surface area contributed by atoms with E-state index in [1.165, 1.54) is 12.1 Å². The number of aromatic nitrogens is 2. The van der Waals surface area contributed by atoms with Crippen LogP contribution >= 0.6 is 0 Å². The lowest BCUT2D eigenvalue weighted by molar-refractivity contribution is -0.196. The van der Waals surface area contributed by atoms with Gasteiger partial charge >= 0.3 is 11.9 Å². The number of aromatic amines is 1. The molecule has 2 aromatic carbocycles. The van der Waals surface area contributed by atoms with E-state index >= 15 is 0 Å². The number of H-pyrrole nitrogens is 1. The predicted octanol–water partition coefficient (Wildman–Crippen LogP) is 3.22. The van der Waals surface area contributed by atoms with Crippen molar-refractivity contribution < 1.29 is 22.8 Å². The summed E-state index contributed by atoms with van der Waals surface area (Å²) in [6, 6.07) is 14.7. The molecule has 4 rings (SSSR count). The van der Waals surface area contributed by atoms with Crippen LogP contribution in [0.3, 0.4) is 0 Å². The van der Waals surface area contributed by atoms with Crippen LogP contribution in [0, 0.1) is 0 Å². The first-order valence-electron chi connectivity index (χ1n) is 11.5. The van der Waals surface area contributed by atoms with E-state index in [-0.39, 0.29) is 23.9 Å². The third-order valence-corrected chi connectivity index (χ3v) is 6.35. The number of nitrogens with zero attached hydrogens (tertiary/aromatic N) is 1. The number of amides is 2. The topological polar surface area (TPSA) is 113 Å². The smallest absolute Gasteiger partial charge is 0.326 e. The summed E-state index contributed by atoms with van der Waals surface area (Å²) < 4.78 is 44.6. The maximum absolute atomic E-state index is 14.6. The second-order valence-electron chi connectivity index (χ2n) is 9.85. The van der Waals surface area contributed by atoms with Crippen molar-refractivity contribution in [1.82, 2.24) is 14.9 Å². The SMILES string of the molecule is CC(C)(C)c1ccc(C(=O)N[C@@]2(C(F)(F)F)C(=O)Nc3c2c(=O)[nH]c(=O)n3CCc2ccccc2)cc1. The largest absolute Gasteiger partial charge is 0.425 e. The molecule has 2 amide bonds. The van der Waals surface area contributed by atoms with E-state index in [0.29, 0.717) is 0 Å². The lowest BCUT2D eigenvalue weighted by atomic mass is 9.86. The van der Waals surface area contributed by atoms with Gasteiger partial charge in [0.2, 0.25) is 0 Å². The summed E-state index contributed by atoms with van der Waals surface area (Å²) in [5.41, 5.74) is -5.95. The van der Waals surface area contributed by atoms with Crippen LogP contribution in [-0.4, -0.2) is 27.5 Å². The Morgan fingerprint density at radius 3 is 2.16 bits per heavy atom. The van der Waals surface area contributed by atoms with Gasteiger partial charge in [0.1, 0.15) is 11.4 Å². The Balaban J connectivity index is 1.78. The van der Waals surface area contributed by atoms with Crippen molar-refractivity contribution in [2.24, 2.45) is 0 Å². The molecule has 1 aliphatic heterocycles. The van der Waals surface area contributed by atoms with Crippen molar-refractivity contribution in [3.05, 3.63) is 97.7 Å². The summed E-state index contributed by atoms with van der Waals surface area (Å²) in [5.74, 6) is -3.49. The molecule has 1 aromatic heterocycles. The summed E-state index contributed by atoms with van der Waals surface area (Å²) in [6.07, 6.45) is -5.17. The summed E-state index contributed by atoms with van der Waals surface area (Å²) >= 11 is 0. The zero-order chi connectivity index (χ0) is 27.2. The predicted molar refractivity (Wildman–Crippen MR) is 130 cm³/mol. The molecule has 0 bridgehead atoms. The Bertz CT molecular complexity index is 1470. The van der Waals surface area contributed by atoms with Crippen LogP contribution in [0.1, 0.15) is 47.8 Å². The van der Waals surface area contributed by atoms with Crippen molar-refractivity contribution in [3.8, 4) is 0 Å². The van der Waals surface area contributed by atoms with E-state index in [4.69, 9.17) is 0 Å². The van der Waals surface area contributed by atoms with E-state index in [0.717, 1.165) is 15.7 Å². The van der Waals surface area contributed by atoms with Gasteiger partial charge in [0, 0.05) is 12.1 Å². The number of anilines is 1. The number of rotatable bonds is 5. The van der Waals surface area contributed by atoms with Gasteiger partial charge in [-0.15, -0.1) is 0 Å². The Hall–Kier alpha value is -4.15. The van der Waals surface area contributed by atoms with Gasteiger partial charge < -0.3 is 10.6 Å². The van der Waals surface area contributed by atoms with Crippen molar-refractivity contribution in [2.45, 2.75) is 50.9 Å². The fourth-order valence-electron chi connectivity index (χ4n) is 4.29. The maximum atomic E-state index is 14.6. The number of hydrogen-bond acceptors (Lipinski definition) is 4. The Labute approximate surface area is 209 Å². The molecule has 0 saturated heterocycles.